The highest BCUT2D eigenvalue weighted by Crippen LogP contribution is 2.36. The summed E-state index contributed by atoms with van der Waals surface area (Å²) in [4.78, 5) is 29.9. The fraction of sp³-hybridized carbons (Fsp3) is 0.478. The van der Waals surface area contributed by atoms with Gasteiger partial charge in [0.2, 0.25) is 0 Å². The van der Waals surface area contributed by atoms with Gasteiger partial charge in [-0.2, -0.15) is 0 Å². The SMILES string of the molecule is Cc1cnc(CN2CCCC2c2nc3ccccc3c(=O)n2C2CCCC2)cn1. The quantitative estimate of drug-likeness (QED) is 0.676. The summed E-state index contributed by atoms with van der Waals surface area (Å²) in [6.45, 7) is 3.69. The smallest absolute Gasteiger partial charge is 0.261 e. The summed E-state index contributed by atoms with van der Waals surface area (Å²) in [5.41, 5.74) is 2.83. The number of aromatic nitrogens is 4. The number of rotatable bonds is 4. The molecule has 1 aliphatic heterocycles. The Hall–Kier alpha value is -2.60. The Kier molecular flexibility index (Phi) is 4.87. The second-order valence-corrected chi connectivity index (χ2v) is 8.38. The highest BCUT2D eigenvalue weighted by molar-refractivity contribution is 5.77. The van der Waals surface area contributed by atoms with E-state index in [0.717, 1.165) is 66.9 Å². The lowest BCUT2D eigenvalue weighted by Crippen LogP contribution is -2.34. The van der Waals surface area contributed by atoms with Crippen LogP contribution in [0.25, 0.3) is 10.9 Å². The molecule has 150 valence electrons. The second-order valence-electron chi connectivity index (χ2n) is 8.38. The number of aryl methyl sites for hydroxylation is 1. The van der Waals surface area contributed by atoms with Crippen LogP contribution in [0.2, 0.25) is 0 Å². The summed E-state index contributed by atoms with van der Waals surface area (Å²) in [6.07, 6.45) is 10.3. The van der Waals surface area contributed by atoms with Crippen LogP contribution in [0, 0.1) is 6.92 Å². The molecule has 1 aliphatic carbocycles. The van der Waals surface area contributed by atoms with Gasteiger partial charge in [0.1, 0.15) is 5.82 Å². The molecule has 6 nitrogen and oxygen atoms in total. The van der Waals surface area contributed by atoms with E-state index in [1.54, 1.807) is 0 Å². The maximum atomic E-state index is 13.5. The molecule has 1 saturated carbocycles. The lowest BCUT2D eigenvalue weighted by atomic mass is 10.1. The van der Waals surface area contributed by atoms with E-state index >= 15 is 0 Å². The molecule has 2 aromatic heterocycles. The second kappa shape index (κ2) is 7.67. The third-order valence-corrected chi connectivity index (χ3v) is 6.39. The molecule has 1 unspecified atom stereocenters. The van der Waals surface area contributed by atoms with E-state index in [4.69, 9.17) is 4.98 Å². The van der Waals surface area contributed by atoms with Crippen molar-refractivity contribution in [2.24, 2.45) is 0 Å². The van der Waals surface area contributed by atoms with Gasteiger partial charge in [0.25, 0.3) is 5.56 Å². The molecule has 0 bridgehead atoms. The van der Waals surface area contributed by atoms with Gasteiger partial charge in [0, 0.05) is 25.0 Å². The fourth-order valence-corrected chi connectivity index (χ4v) is 4.93. The molecule has 2 aliphatic rings. The van der Waals surface area contributed by atoms with Gasteiger partial charge in [-0.15, -0.1) is 0 Å². The predicted octanol–water partition coefficient (Wildman–Crippen LogP) is 3.95. The monoisotopic (exact) mass is 389 g/mol. The minimum absolute atomic E-state index is 0.125. The third kappa shape index (κ3) is 3.46. The zero-order valence-electron chi connectivity index (χ0n) is 16.9. The minimum Gasteiger partial charge on any atom is -0.292 e. The minimum atomic E-state index is 0.125. The van der Waals surface area contributed by atoms with Crippen molar-refractivity contribution in [2.45, 2.75) is 64.1 Å². The van der Waals surface area contributed by atoms with Crippen molar-refractivity contribution in [3.05, 3.63) is 64.2 Å². The Bertz CT molecular complexity index is 1070. The lowest BCUT2D eigenvalue weighted by Gasteiger charge is -2.28. The van der Waals surface area contributed by atoms with Crippen LogP contribution < -0.4 is 5.56 Å². The Labute approximate surface area is 170 Å². The van der Waals surface area contributed by atoms with E-state index in [2.05, 4.69) is 14.9 Å². The maximum Gasteiger partial charge on any atom is 0.261 e. The van der Waals surface area contributed by atoms with Gasteiger partial charge in [0.15, 0.2) is 0 Å². The molecule has 0 amide bonds. The van der Waals surface area contributed by atoms with E-state index in [-0.39, 0.29) is 17.6 Å². The van der Waals surface area contributed by atoms with Crippen LogP contribution >= 0.6 is 0 Å². The number of benzene rings is 1. The van der Waals surface area contributed by atoms with Crippen LogP contribution in [0.1, 0.15) is 67.8 Å². The first-order chi connectivity index (χ1) is 14.2. The van der Waals surface area contributed by atoms with Crippen molar-refractivity contribution in [3.63, 3.8) is 0 Å². The molecular weight excluding hydrogens is 362 g/mol. The topological polar surface area (TPSA) is 63.9 Å². The van der Waals surface area contributed by atoms with E-state index in [9.17, 15) is 4.79 Å². The first kappa shape index (κ1) is 18.4. The van der Waals surface area contributed by atoms with Crippen molar-refractivity contribution in [3.8, 4) is 0 Å². The molecule has 1 aromatic carbocycles. The number of likely N-dealkylation sites (tertiary alicyclic amines) is 1. The van der Waals surface area contributed by atoms with Gasteiger partial charge < -0.3 is 0 Å². The number of nitrogens with zero attached hydrogens (tertiary/aromatic N) is 5. The van der Waals surface area contributed by atoms with Gasteiger partial charge >= 0.3 is 0 Å². The molecule has 1 saturated heterocycles. The van der Waals surface area contributed by atoms with E-state index < -0.39 is 0 Å². The van der Waals surface area contributed by atoms with Crippen molar-refractivity contribution < 1.29 is 0 Å². The molecule has 3 heterocycles. The summed E-state index contributed by atoms with van der Waals surface area (Å²) >= 11 is 0. The molecule has 3 aromatic rings. The standard InChI is InChI=1S/C23H27N5O/c1-16-13-25-17(14-24-16)15-27-12-6-11-21(27)22-26-20-10-5-4-9-19(20)23(29)28(22)18-7-2-3-8-18/h4-5,9-10,13-14,18,21H,2-3,6-8,11-12,15H2,1H3. The molecule has 0 N–H and O–H groups in total. The van der Waals surface area contributed by atoms with Crippen molar-refractivity contribution in [2.75, 3.05) is 6.54 Å². The van der Waals surface area contributed by atoms with Gasteiger partial charge in [-0.05, 0) is 51.3 Å². The van der Waals surface area contributed by atoms with Gasteiger partial charge in [-0.1, -0.05) is 25.0 Å². The first-order valence-electron chi connectivity index (χ1n) is 10.7. The predicted molar refractivity (Wildman–Crippen MR) is 113 cm³/mol. The van der Waals surface area contributed by atoms with E-state index in [1.165, 1.54) is 12.8 Å². The summed E-state index contributed by atoms with van der Waals surface area (Å²) in [5.74, 6) is 0.943. The van der Waals surface area contributed by atoms with Crippen LogP contribution in [-0.2, 0) is 6.54 Å². The normalized spacial score (nSPS) is 20.7. The number of fused-ring (bicyclic) bond motifs is 1. The molecular formula is C23H27N5O. The van der Waals surface area contributed by atoms with Crippen LogP contribution in [0.15, 0.2) is 41.5 Å². The average Bonchev–Trinajstić information content (AvgIpc) is 3.42. The molecule has 1 atom stereocenters. The fourth-order valence-electron chi connectivity index (χ4n) is 4.93. The zero-order valence-corrected chi connectivity index (χ0v) is 16.9. The number of para-hydroxylation sites is 1. The molecule has 5 rings (SSSR count). The summed E-state index contributed by atoms with van der Waals surface area (Å²) in [6, 6.07) is 8.19. The Morgan fingerprint density at radius 3 is 2.66 bits per heavy atom. The Balaban J connectivity index is 1.58. The lowest BCUT2D eigenvalue weighted by molar-refractivity contribution is 0.226. The van der Waals surface area contributed by atoms with Gasteiger partial charge in [0.05, 0.1) is 28.3 Å². The van der Waals surface area contributed by atoms with E-state index in [0.29, 0.717) is 0 Å². The number of hydrogen-bond donors (Lipinski definition) is 0. The molecule has 2 fully saturated rings. The molecule has 0 radical (unpaired) electrons. The highest BCUT2D eigenvalue weighted by atomic mass is 16.1. The first-order valence-corrected chi connectivity index (χ1v) is 10.7. The molecule has 0 spiro atoms. The summed E-state index contributed by atoms with van der Waals surface area (Å²) < 4.78 is 2.04. The van der Waals surface area contributed by atoms with Crippen LogP contribution in [0.5, 0.6) is 0 Å². The average molecular weight is 390 g/mol. The van der Waals surface area contributed by atoms with Gasteiger partial charge in [-0.3, -0.25) is 24.2 Å². The van der Waals surface area contributed by atoms with Crippen molar-refractivity contribution >= 4 is 10.9 Å². The third-order valence-electron chi connectivity index (χ3n) is 6.39. The van der Waals surface area contributed by atoms with Crippen molar-refractivity contribution in [1.82, 2.24) is 24.4 Å². The molecule has 29 heavy (non-hydrogen) atoms. The van der Waals surface area contributed by atoms with Crippen molar-refractivity contribution in [1.29, 1.82) is 0 Å². The Morgan fingerprint density at radius 2 is 1.86 bits per heavy atom. The highest BCUT2D eigenvalue weighted by Gasteiger charge is 2.33. The largest absolute Gasteiger partial charge is 0.292 e. The van der Waals surface area contributed by atoms with Crippen LogP contribution in [0.3, 0.4) is 0 Å². The van der Waals surface area contributed by atoms with Crippen LogP contribution in [-0.4, -0.2) is 31.0 Å². The number of hydrogen-bond acceptors (Lipinski definition) is 5. The van der Waals surface area contributed by atoms with E-state index in [1.807, 2.05) is 48.1 Å². The maximum absolute atomic E-state index is 13.5. The van der Waals surface area contributed by atoms with Crippen LogP contribution in [0.4, 0.5) is 0 Å². The van der Waals surface area contributed by atoms with Gasteiger partial charge in [-0.25, -0.2) is 4.98 Å². The Morgan fingerprint density at radius 1 is 1.03 bits per heavy atom. The molecule has 6 heteroatoms. The zero-order chi connectivity index (χ0) is 19.8. The summed E-state index contributed by atoms with van der Waals surface area (Å²) in [7, 11) is 0. The summed E-state index contributed by atoms with van der Waals surface area (Å²) in [5, 5.41) is 0.733.